The van der Waals surface area contributed by atoms with Gasteiger partial charge in [-0.3, -0.25) is 4.79 Å². The van der Waals surface area contributed by atoms with Crippen LogP contribution in [-0.4, -0.2) is 17.6 Å². The summed E-state index contributed by atoms with van der Waals surface area (Å²) >= 11 is 6.29. The highest BCUT2D eigenvalue weighted by atomic mass is 35.5. The molecule has 6 heteroatoms. The molecule has 0 spiro atoms. The number of ether oxygens (including phenoxy) is 1. The predicted octanol–water partition coefficient (Wildman–Crippen LogP) is 7.35. The highest BCUT2D eigenvalue weighted by molar-refractivity contribution is 6.30. The SMILES string of the molecule is Cc1c(F)cc(OC(C)(C)C(=O)NC(C)C(c2ccccc2)C(C)(C)c2cccc(Cl)c2)cc1F. The maximum Gasteiger partial charge on any atom is 0.263 e. The third-order valence-corrected chi connectivity index (χ3v) is 6.77. The van der Waals surface area contributed by atoms with Gasteiger partial charge in [0.1, 0.15) is 17.4 Å². The van der Waals surface area contributed by atoms with Crippen LogP contribution in [0.1, 0.15) is 57.2 Å². The van der Waals surface area contributed by atoms with Gasteiger partial charge in [0.25, 0.3) is 5.91 Å². The summed E-state index contributed by atoms with van der Waals surface area (Å²) in [4.78, 5) is 13.3. The molecule has 0 fully saturated rings. The summed E-state index contributed by atoms with van der Waals surface area (Å²) in [6.07, 6.45) is 0. The van der Waals surface area contributed by atoms with Crippen LogP contribution in [0.2, 0.25) is 5.02 Å². The normalized spacial score (nSPS) is 13.7. The number of halogens is 3. The van der Waals surface area contributed by atoms with Gasteiger partial charge in [-0.15, -0.1) is 0 Å². The van der Waals surface area contributed by atoms with Gasteiger partial charge in [0.05, 0.1) is 0 Å². The van der Waals surface area contributed by atoms with Crippen LogP contribution >= 0.6 is 11.6 Å². The molecule has 0 aliphatic rings. The van der Waals surface area contributed by atoms with Gasteiger partial charge < -0.3 is 10.1 Å². The van der Waals surface area contributed by atoms with Gasteiger partial charge in [-0.25, -0.2) is 8.78 Å². The Kier molecular flexibility index (Phi) is 7.90. The van der Waals surface area contributed by atoms with Crippen molar-refractivity contribution in [1.29, 1.82) is 0 Å². The first kappa shape index (κ1) is 26.7. The molecule has 3 aromatic carbocycles. The van der Waals surface area contributed by atoms with Gasteiger partial charge in [-0.2, -0.15) is 0 Å². The lowest BCUT2D eigenvalue weighted by atomic mass is 9.67. The maximum absolute atomic E-state index is 14.0. The number of rotatable bonds is 8. The minimum absolute atomic E-state index is 0.0442. The second-order valence-corrected chi connectivity index (χ2v) is 10.4. The molecule has 2 atom stereocenters. The highest BCUT2D eigenvalue weighted by Crippen LogP contribution is 2.41. The second-order valence-electron chi connectivity index (χ2n) is 10.0. The molecular weight excluding hydrogens is 468 g/mol. The minimum atomic E-state index is -1.37. The van der Waals surface area contributed by atoms with Gasteiger partial charge in [0.2, 0.25) is 0 Å². The molecule has 35 heavy (non-hydrogen) atoms. The van der Waals surface area contributed by atoms with Gasteiger partial charge in [0, 0.05) is 34.7 Å². The van der Waals surface area contributed by atoms with Gasteiger partial charge in [0.15, 0.2) is 5.60 Å². The van der Waals surface area contributed by atoms with E-state index in [2.05, 4.69) is 19.2 Å². The van der Waals surface area contributed by atoms with E-state index in [4.69, 9.17) is 16.3 Å². The summed E-state index contributed by atoms with van der Waals surface area (Å²) < 4.78 is 33.8. The molecule has 0 aromatic heterocycles. The Balaban J connectivity index is 1.89. The number of nitrogens with one attached hydrogen (secondary N) is 1. The molecule has 0 saturated heterocycles. The fourth-order valence-corrected chi connectivity index (χ4v) is 4.74. The van der Waals surface area contributed by atoms with E-state index in [0.717, 1.165) is 23.3 Å². The van der Waals surface area contributed by atoms with Crippen molar-refractivity contribution in [2.75, 3.05) is 0 Å². The number of benzene rings is 3. The molecule has 3 nitrogen and oxygen atoms in total. The van der Waals surface area contributed by atoms with E-state index in [0.29, 0.717) is 5.02 Å². The zero-order valence-electron chi connectivity index (χ0n) is 21.0. The smallest absolute Gasteiger partial charge is 0.263 e. The summed E-state index contributed by atoms with van der Waals surface area (Å²) in [6.45, 7) is 10.7. The van der Waals surface area contributed by atoms with Gasteiger partial charge in [-0.05, 0) is 56.4 Å². The number of hydrogen-bond donors (Lipinski definition) is 1. The maximum atomic E-state index is 14.0. The molecule has 0 saturated carbocycles. The summed E-state index contributed by atoms with van der Waals surface area (Å²) in [5.74, 6) is -2.00. The Morgan fingerprint density at radius 2 is 1.54 bits per heavy atom. The van der Waals surface area contributed by atoms with Crippen LogP contribution in [0.4, 0.5) is 8.78 Å². The summed E-state index contributed by atoms with van der Waals surface area (Å²) in [7, 11) is 0. The highest BCUT2D eigenvalue weighted by Gasteiger charge is 2.39. The minimum Gasteiger partial charge on any atom is -0.478 e. The van der Waals surface area contributed by atoms with E-state index >= 15 is 0 Å². The average molecular weight is 500 g/mol. The Morgan fingerprint density at radius 1 is 0.943 bits per heavy atom. The third kappa shape index (κ3) is 6.02. The van der Waals surface area contributed by atoms with Crippen molar-refractivity contribution in [2.24, 2.45) is 0 Å². The average Bonchev–Trinajstić information content (AvgIpc) is 2.77. The fraction of sp³-hybridized carbons (Fsp3) is 0.345. The van der Waals surface area contributed by atoms with Crippen molar-refractivity contribution in [3.05, 3.63) is 100 Å². The lowest BCUT2D eigenvalue weighted by molar-refractivity contribution is -0.135. The van der Waals surface area contributed by atoms with Crippen LogP contribution in [0.25, 0.3) is 0 Å². The van der Waals surface area contributed by atoms with Gasteiger partial charge in [-0.1, -0.05) is 67.9 Å². The quantitative estimate of drug-likeness (QED) is 0.352. The monoisotopic (exact) mass is 499 g/mol. The number of carbonyl (C=O) groups is 1. The molecule has 186 valence electrons. The Labute approximate surface area is 211 Å². The van der Waals surface area contributed by atoms with Crippen molar-refractivity contribution in [3.63, 3.8) is 0 Å². The number of hydrogen-bond acceptors (Lipinski definition) is 2. The lowest BCUT2D eigenvalue weighted by Crippen LogP contribution is -2.52. The van der Waals surface area contributed by atoms with E-state index in [9.17, 15) is 13.6 Å². The van der Waals surface area contributed by atoms with Crippen molar-refractivity contribution in [2.45, 2.75) is 64.5 Å². The molecule has 0 aliphatic heterocycles. The molecule has 0 bridgehead atoms. The molecule has 3 rings (SSSR count). The zero-order chi connectivity index (χ0) is 26.0. The predicted molar refractivity (Wildman–Crippen MR) is 137 cm³/mol. The molecule has 1 N–H and O–H groups in total. The summed E-state index contributed by atoms with van der Waals surface area (Å²) in [5.41, 5.74) is 0.242. The van der Waals surface area contributed by atoms with Crippen LogP contribution in [0.15, 0.2) is 66.7 Å². The summed E-state index contributed by atoms with van der Waals surface area (Å²) in [5, 5.41) is 3.73. The fourth-order valence-electron chi connectivity index (χ4n) is 4.55. The van der Waals surface area contributed by atoms with Crippen molar-refractivity contribution < 1.29 is 18.3 Å². The molecule has 0 heterocycles. The first-order valence-corrected chi connectivity index (χ1v) is 12.0. The second kappa shape index (κ2) is 10.4. The first-order chi connectivity index (χ1) is 16.3. The summed E-state index contributed by atoms with van der Waals surface area (Å²) in [6, 6.07) is 19.6. The first-order valence-electron chi connectivity index (χ1n) is 11.6. The van der Waals surface area contributed by atoms with Crippen molar-refractivity contribution >= 4 is 17.5 Å². The number of carbonyl (C=O) groups excluding carboxylic acids is 1. The van der Waals surface area contributed by atoms with Crippen LogP contribution in [0, 0.1) is 18.6 Å². The van der Waals surface area contributed by atoms with E-state index < -0.39 is 28.6 Å². The largest absolute Gasteiger partial charge is 0.478 e. The van der Waals surface area contributed by atoms with Crippen LogP contribution in [-0.2, 0) is 10.2 Å². The van der Waals surface area contributed by atoms with Crippen LogP contribution < -0.4 is 10.1 Å². The molecule has 2 unspecified atom stereocenters. The van der Waals surface area contributed by atoms with Crippen LogP contribution in [0.3, 0.4) is 0 Å². The van der Waals surface area contributed by atoms with E-state index in [1.807, 2.05) is 61.5 Å². The molecule has 0 aliphatic carbocycles. The van der Waals surface area contributed by atoms with Gasteiger partial charge >= 0.3 is 0 Å². The van der Waals surface area contributed by atoms with Crippen molar-refractivity contribution in [3.8, 4) is 5.75 Å². The molecule has 3 aromatic rings. The van der Waals surface area contributed by atoms with E-state index in [1.165, 1.54) is 6.92 Å². The molecular formula is C29H32ClF2NO2. The standard InChI is InChI=1S/C29H32ClF2NO2/c1-18-24(31)16-23(17-25(18)32)35-29(5,6)27(34)33-19(2)26(20-11-8-7-9-12-20)28(3,4)21-13-10-14-22(30)15-21/h7-17,19,26H,1-6H3,(H,33,34). The van der Waals surface area contributed by atoms with E-state index in [1.54, 1.807) is 13.8 Å². The lowest BCUT2D eigenvalue weighted by Gasteiger charge is -2.40. The van der Waals surface area contributed by atoms with Crippen LogP contribution in [0.5, 0.6) is 5.75 Å². The zero-order valence-corrected chi connectivity index (χ0v) is 21.7. The number of amides is 1. The van der Waals surface area contributed by atoms with E-state index in [-0.39, 0.29) is 23.3 Å². The van der Waals surface area contributed by atoms with Crippen molar-refractivity contribution in [1.82, 2.24) is 5.32 Å². The topological polar surface area (TPSA) is 38.3 Å². The molecule has 1 amide bonds. The Morgan fingerprint density at radius 3 is 2.11 bits per heavy atom. The Bertz CT molecular complexity index is 1170. The Hall–Kier alpha value is -2.92. The third-order valence-electron chi connectivity index (χ3n) is 6.54. The molecule has 0 radical (unpaired) electrons.